The minimum absolute atomic E-state index is 0.534. The van der Waals surface area contributed by atoms with Gasteiger partial charge in [0.1, 0.15) is 5.75 Å². The number of halogens is 2. The van der Waals surface area contributed by atoms with Crippen molar-refractivity contribution in [1.29, 1.82) is 0 Å². The molecule has 2 rings (SSSR count). The third-order valence-corrected chi connectivity index (χ3v) is 2.29. The lowest BCUT2D eigenvalue weighted by Crippen LogP contribution is -1.92. The molecule has 0 saturated carbocycles. The van der Waals surface area contributed by atoms with Gasteiger partial charge in [-0.05, 0) is 30.7 Å². The van der Waals surface area contributed by atoms with E-state index in [9.17, 15) is 8.78 Å². The van der Waals surface area contributed by atoms with Crippen molar-refractivity contribution in [3.8, 4) is 16.9 Å². The van der Waals surface area contributed by atoms with Crippen LogP contribution in [-0.2, 0) is 0 Å². The largest absolute Gasteiger partial charge is 0.494 e. The van der Waals surface area contributed by atoms with E-state index in [-0.39, 0.29) is 0 Å². The molecule has 0 bridgehead atoms. The fourth-order valence-electron chi connectivity index (χ4n) is 1.49. The molecule has 2 nitrogen and oxygen atoms in total. The molecular weight excluding hydrogens is 224 g/mol. The normalized spacial score (nSPS) is 10.3. The summed E-state index contributed by atoms with van der Waals surface area (Å²) in [4.78, 5) is 3.34. The second kappa shape index (κ2) is 4.91. The molecule has 0 unspecified atom stereocenters. The summed E-state index contributed by atoms with van der Waals surface area (Å²) >= 11 is 0. The summed E-state index contributed by atoms with van der Waals surface area (Å²) in [6.07, 6.45) is 1.30. The molecule has 2 aromatic rings. The second-order valence-electron chi connectivity index (χ2n) is 3.45. The first-order valence-corrected chi connectivity index (χ1v) is 5.25. The number of rotatable bonds is 3. The van der Waals surface area contributed by atoms with Crippen molar-refractivity contribution in [2.45, 2.75) is 6.92 Å². The molecule has 1 heterocycles. The van der Waals surface area contributed by atoms with Crippen LogP contribution in [0.3, 0.4) is 0 Å². The number of pyridine rings is 1. The number of benzene rings is 1. The minimum atomic E-state index is -1.08. The smallest absolute Gasteiger partial charge is 0.248 e. The number of ether oxygens (including phenoxy) is 1. The van der Waals surface area contributed by atoms with Gasteiger partial charge in [-0.25, -0.2) is 9.37 Å². The average molecular weight is 235 g/mol. The zero-order valence-electron chi connectivity index (χ0n) is 9.28. The monoisotopic (exact) mass is 235 g/mol. The lowest BCUT2D eigenvalue weighted by molar-refractivity contribution is 0.340. The van der Waals surface area contributed by atoms with Crippen LogP contribution in [0.4, 0.5) is 8.78 Å². The van der Waals surface area contributed by atoms with Gasteiger partial charge in [0.2, 0.25) is 5.95 Å². The molecule has 0 atom stereocenters. The molecule has 0 radical (unpaired) electrons. The third-order valence-electron chi connectivity index (χ3n) is 2.29. The zero-order valence-corrected chi connectivity index (χ0v) is 9.28. The van der Waals surface area contributed by atoms with Crippen LogP contribution in [-0.4, -0.2) is 11.6 Å². The van der Waals surface area contributed by atoms with Gasteiger partial charge in [0.05, 0.1) is 6.61 Å². The van der Waals surface area contributed by atoms with Crippen LogP contribution in [0.2, 0.25) is 0 Å². The Bertz CT molecular complexity index is 511. The van der Waals surface area contributed by atoms with Crippen LogP contribution in [0.25, 0.3) is 11.1 Å². The van der Waals surface area contributed by atoms with E-state index in [4.69, 9.17) is 4.74 Å². The molecule has 0 spiro atoms. The van der Waals surface area contributed by atoms with E-state index in [2.05, 4.69) is 4.98 Å². The molecule has 88 valence electrons. The first-order chi connectivity index (χ1) is 8.20. The average Bonchev–Trinajstić information content (AvgIpc) is 2.34. The van der Waals surface area contributed by atoms with Crippen LogP contribution in [0.5, 0.6) is 5.75 Å². The molecule has 1 aromatic heterocycles. The van der Waals surface area contributed by atoms with Crippen LogP contribution in [0.15, 0.2) is 36.5 Å². The van der Waals surface area contributed by atoms with Crippen molar-refractivity contribution in [2.24, 2.45) is 0 Å². The van der Waals surface area contributed by atoms with Gasteiger partial charge >= 0.3 is 0 Å². The maximum absolute atomic E-state index is 13.0. The number of hydrogen-bond acceptors (Lipinski definition) is 2. The molecule has 0 aliphatic carbocycles. The van der Waals surface area contributed by atoms with Crippen molar-refractivity contribution >= 4 is 0 Å². The Morgan fingerprint density at radius 3 is 2.41 bits per heavy atom. The van der Waals surface area contributed by atoms with Gasteiger partial charge in [-0.3, -0.25) is 0 Å². The zero-order chi connectivity index (χ0) is 12.3. The lowest BCUT2D eigenvalue weighted by atomic mass is 10.1. The Morgan fingerprint density at radius 1 is 1.12 bits per heavy atom. The van der Waals surface area contributed by atoms with Crippen molar-refractivity contribution in [2.75, 3.05) is 6.61 Å². The summed E-state index contributed by atoms with van der Waals surface area (Å²) in [6.45, 7) is 2.49. The molecule has 0 N–H and O–H groups in total. The lowest BCUT2D eigenvalue weighted by Gasteiger charge is -2.05. The maximum Gasteiger partial charge on any atom is 0.248 e. The highest BCUT2D eigenvalue weighted by Crippen LogP contribution is 2.22. The summed E-state index contributed by atoms with van der Waals surface area (Å²) in [5, 5.41) is 0. The van der Waals surface area contributed by atoms with E-state index >= 15 is 0 Å². The summed E-state index contributed by atoms with van der Waals surface area (Å²) in [6, 6.07) is 8.23. The summed E-state index contributed by atoms with van der Waals surface area (Å²) < 4.78 is 31.0. The SMILES string of the molecule is CCOc1ccc(-c2cnc(F)c(F)c2)cc1. The van der Waals surface area contributed by atoms with Crippen molar-refractivity contribution in [1.82, 2.24) is 4.98 Å². The minimum Gasteiger partial charge on any atom is -0.494 e. The van der Waals surface area contributed by atoms with Crippen molar-refractivity contribution in [3.05, 3.63) is 48.3 Å². The Hall–Kier alpha value is -1.97. The van der Waals surface area contributed by atoms with Gasteiger partial charge in [0.25, 0.3) is 0 Å². The number of nitrogens with zero attached hydrogens (tertiary/aromatic N) is 1. The van der Waals surface area contributed by atoms with Gasteiger partial charge in [-0.15, -0.1) is 0 Å². The van der Waals surface area contributed by atoms with E-state index in [1.807, 2.05) is 6.92 Å². The molecule has 0 saturated heterocycles. The molecule has 17 heavy (non-hydrogen) atoms. The molecule has 0 aliphatic rings. The van der Waals surface area contributed by atoms with Gasteiger partial charge in [-0.2, -0.15) is 4.39 Å². The predicted molar refractivity (Wildman–Crippen MR) is 60.8 cm³/mol. The van der Waals surface area contributed by atoms with E-state index < -0.39 is 11.8 Å². The molecule has 4 heteroatoms. The van der Waals surface area contributed by atoms with Crippen LogP contribution in [0.1, 0.15) is 6.92 Å². The number of aromatic nitrogens is 1. The van der Waals surface area contributed by atoms with E-state index in [1.54, 1.807) is 24.3 Å². The van der Waals surface area contributed by atoms with Crippen LogP contribution in [0, 0.1) is 11.8 Å². The highest BCUT2D eigenvalue weighted by atomic mass is 19.2. The van der Waals surface area contributed by atoms with Crippen LogP contribution >= 0.6 is 0 Å². The third kappa shape index (κ3) is 2.58. The van der Waals surface area contributed by atoms with Crippen LogP contribution < -0.4 is 4.74 Å². The van der Waals surface area contributed by atoms with E-state index in [0.717, 1.165) is 17.4 Å². The highest BCUT2D eigenvalue weighted by Gasteiger charge is 2.05. The Morgan fingerprint density at radius 2 is 1.82 bits per heavy atom. The highest BCUT2D eigenvalue weighted by molar-refractivity contribution is 5.63. The van der Waals surface area contributed by atoms with Gasteiger partial charge in [-0.1, -0.05) is 12.1 Å². The summed E-state index contributed by atoms with van der Waals surface area (Å²) in [7, 11) is 0. The fourth-order valence-corrected chi connectivity index (χ4v) is 1.49. The number of hydrogen-bond donors (Lipinski definition) is 0. The summed E-state index contributed by atoms with van der Waals surface area (Å²) in [5.41, 5.74) is 1.30. The standard InChI is InChI=1S/C13H11F2NO/c1-2-17-11-5-3-9(4-6-11)10-7-12(14)13(15)16-8-10/h3-8H,2H2,1H3. The molecule has 0 amide bonds. The Kier molecular flexibility index (Phi) is 3.32. The molecule has 1 aromatic carbocycles. The molecule has 0 aliphatic heterocycles. The van der Waals surface area contributed by atoms with E-state index in [1.165, 1.54) is 6.20 Å². The van der Waals surface area contributed by atoms with Gasteiger partial charge in [0, 0.05) is 11.8 Å². The Balaban J connectivity index is 2.30. The van der Waals surface area contributed by atoms with Gasteiger partial charge in [0.15, 0.2) is 5.82 Å². The van der Waals surface area contributed by atoms with E-state index in [0.29, 0.717) is 12.2 Å². The van der Waals surface area contributed by atoms with Crippen molar-refractivity contribution in [3.63, 3.8) is 0 Å². The van der Waals surface area contributed by atoms with Gasteiger partial charge < -0.3 is 4.74 Å². The Labute approximate surface area is 97.9 Å². The van der Waals surface area contributed by atoms with Crippen molar-refractivity contribution < 1.29 is 13.5 Å². The summed E-state index contributed by atoms with van der Waals surface area (Å²) in [5.74, 6) is -1.29. The second-order valence-corrected chi connectivity index (χ2v) is 3.45. The molecular formula is C13H11F2NO. The predicted octanol–water partition coefficient (Wildman–Crippen LogP) is 3.43. The first-order valence-electron chi connectivity index (χ1n) is 5.25. The topological polar surface area (TPSA) is 22.1 Å². The fraction of sp³-hybridized carbons (Fsp3) is 0.154. The molecule has 0 fully saturated rings. The maximum atomic E-state index is 13.0. The quantitative estimate of drug-likeness (QED) is 0.760. The first kappa shape index (κ1) is 11.5.